The van der Waals surface area contributed by atoms with E-state index in [1.807, 2.05) is 0 Å². The predicted molar refractivity (Wildman–Crippen MR) is 130 cm³/mol. The zero-order valence-corrected chi connectivity index (χ0v) is 21.0. The van der Waals surface area contributed by atoms with E-state index in [0.717, 1.165) is 4.48 Å². The van der Waals surface area contributed by atoms with E-state index in [-0.39, 0.29) is 11.3 Å². The summed E-state index contributed by atoms with van der Waals surface area (Å²) in [6.45, 7) is 5.25. The fourth-order valence-corrected chi connectivity index (χ4v) is 3.60. The van der Waals surface area contributed by atoms with Crippen LogP contribution in [0.4, 0.5) is 0 Å². The molecule has 180 valence electrons. The lowest BCUT2D eigenvalue weighted by atomic mass is 10.0. The molecule has 1 rings (SSSR count). The summed E-state index contributed by atoms with van der Waals surface area (Å²) in [6, 6.07) is 4.49. The molecule has 1 aromatic carbocycles. The van der Waals surface area contributed by atoms with Gasteiger partial charge in [0.05, 0.1) is 33.7 Å². The molecule has 0 saturated heterocycles. The first-order valence-corrected chi connectivity index (χ1v) is 12.5. The first kappa shape index (κ1) is 29.5. The molecule has 0 radical (unpaired) electrons. The van der Waals surface area contributed by atoms with Crippen molar-refractivity contribution in [1.29, 1.82) is 0 Å². The number of rotatable bonds is 16. The summed E-state index contributed by atoms with van der Waals surface area (Å²) in [5.74, 6) is -1.57. The van der Waals surface area contributed by atoms with Crippen LogP contribution in [0.1, 0.15) is 113 Å². The molecular formula is C27H49NO3. The molecule has 1 aromatic rings. The molecule has 31 heavy (non-hydrogen) atoms. The Hall–Kier alpha value is -1.55. The van der Waals surface area contributed by atoms with Gasteiger partial charge in [-0.15, -0.1) is 0 Å². The fraction of sp³-hybridized carbons (Fsp3) is 0.741. The highest BCUT2D eigenvalue weighted by molar-refractivity contribution is 5.89. The van der Waals surface area contributed by atoms with Crippen molar-refractivity contribution < 1.29 is 19.5 Å². The number of phenols is 1. The maximum atomic E-state index is 10.3. The van der Waals surface area contributed by atoms with Gasteiger partial charge in [0.15, 0.2) is 0 Å². The number of nitrogens with zero attached hydrogens (tertiary/aromatic N) is 1. The number of aryl methyl sites for hydroxylation is 1. The lowest BCUT2D eigenvalue weighted by Gasteiger charge is -2.23. The van der Waals surface area contributed by atoms with Gasteiger partial charge in [0, 0.05) is 5.56 Å². The second-order valence-electron chi connectivity index (χ2n) is 9.87. The molecule has 0 spiro atoms. The number of benzene rings is 1. The van der Waals surface area contributed by atoms with Crippen LogP contribution in [-0.4, -0.2) is 43.2 Å². The van der Waals surface area contributed by atoms with Gasteiger partial charge in [0.25, 0.3) is 0 Å². The second kappa shape index (κ2) is 18.1. The topological polar surface area (TPSA) is 60.4 Å². The molecule has 0 saturated carbocycles. The molecule has 0 unspecified atom stereocenters. The molecule has 0 atom stereocenters. The van der Waals surface area contributed by atoms with E-state index in [0.29, 0.717) is 5.56 Å². The van der Waals surface area contributed by atoms with Gasteiger partial charge in [-0.25, -0.2) is 0 Å². The highest BCUT2D eigenvalue weighted by Gasteiger charge is 2.05. The lowest BCUT2D eigenvalue weighted by Crippen LogP contribution is -2.35. The van der Waals surface area contributed by atoms with Crippen LogP contribution < -0.4 is 5.11 Å². The van der Waals surface area contributed by atoms with Gasteiger partial charge in [0.1, 0.15) is 5.75 Å². The third kappa shape index (κ3) is 17.8. The summed E-state index contributed by atoms with van der Waals surface area (Å²) in [4.78, 5) is 10.3. The van der Waals surface area contributed by atoms with E-state index in [1.165, 1.54) is 103 Å². The highest BCUT2D eigenvalue weighted by Crippen LogP contribution is 2.20. The molecular weight excluding hydrogens is 386 g/mol. The number of unbranched alkanes of at least 4 members (excludes halogenated alkanes) is 13. The standard InChI is InChI=1S/C19H42N.C8H8O3/c1-5-6-7-8-9-10-11-12-13-14-15-16-17-18-19-20(2,3)4;1-5-3-2-4-6(7(5)9)8(10)11/h5-19H2,1-4H3;2-4,9H,1H3,(H,10,11)/q+1;/p-1. The Morgan fingerprint density at radius 3 is 1.58 bits per heavy atom. The molecule has 1 N–H and O–H groups in total. The summed E-state index contributed by atoms with van der Waals surface area (Å²) in [6.07, 6.45) is 20.4. The Morgan fingerprint density at radius 2 is 1.23 bits per heavy atom. The maximum Gasteiger partial charge on any atom is 0.127 e. The number of quaternary nitrogens is 1. The van der Waals surface area contributed by atoms with Crippen LogP contribution in [0.25, 0.3) is 0 Å². The van der Waals surface area contributed by atoms with Crippen molar-refractivity contribution in [2.45, 2.75) is 104 Å². The van der Waals surface area contributed by atoms with Crippen molar-refractivity contribution in [2.75, 3.05) is 27.7 Å². The average Bonchev–Trinajstić information content (AvgIpc) is 2.70. The molecule has 0 aliphatic rings. The van der Waals surface area contributed by atoms with Gasteiger partial charge in [-0.3, -0.25) is 0 Å². The van der Waals surface area contributed by atoms with Crippen LogP contribution >= 0.6 is 0 Å². The Balaban J connectivity index is 0.000000683. The number of aromatic hydroxyl groups is 1. The van der Waals surface area contributed by atoms with Gasteiger partial charge in [-0.1, -0.05) is 96.1 Å². The first-order chi connectivity index (χ1) is 14.7. The summed E-state index contributed by atoms with van der Waals surface area (Å²) in [7, 11) is 6.88. The third-order valence-corrected chi connectivity index (χ3v) is 5.64. The minimum atomic E-state index is -1.36. The van der Waals surface area contributed by atoms with E-state index in [2.05, 4.69) is 28.1 Å². The molecule has 0 bridgehead atoms. The Bertz CT molecular complexity index is 578. The minimum absolute atomic E-state index is 0.162. The fourth-order valence-electron chi connectivity index (χ4n) is 3.60. The highest BCUT2D eigenvalue weighted by atomic mass is 16.4. The smallest absolute Gasteiger partial charge is 0.127 e. The van der Waals surface area contributed by atoms with Gasteiger partial charge in [-0.2, -0.15) is 0 Å². The number of hydrogen-bond acceptors (Lipinski definition) is 3. The number of para-hydroxylation sites is 1. The van der Waals surface area contributed by atoms with Crippen LogP contribution in [0.2, 0.25) is 0 Å². The van der Waals surface area contributed by atoms with E-state index >= 15 is 0 Å². The van der Waals surface area contributed by atoms with E-state index in [9.17, 15) is 9.90 Å². The van der Waals surface area contributed by atoms with Crippen LogP contribution in [-0.2, 0) is 0 Å². The van der Waals surface area contributed by atoms with Crippen LogP contribution in [0.3, 0.4) is 0 Å². The largest absolute Gasteiger partial charge is 0.545 e. The van der Waals surface area contributed by atoms with Crippen molar-refractivity contribution in [3.05, 3.63) is 29.3 Å². The van der Waals surface area contributed by atoms with Crippen molar-refractivity contribution in [1.82, 2.24) is 0 Å². The second-order valence-corrected chi connectivity index (χ2v) is 9.87. The first-order valence-electron chi connectivity index (χ1n) is 12.5. The quantitative estimate of drug-likeness (QED) is 0.247. The summed E-state index contributed by atoms with van der Waals surface area (Å²) in [5.41, 5.74) is 0.372. The van der Waals surface area contributed by atoms with Gasteiger partial charge >= 0.3 is 0 Å². The molecule has 0 heterocycles. The van der Waals surface area contributed by atoms with Crippen LogP contribution in [0.15, 0.2) is 18.2 Å². The van der Waals surface area contributed by atoms with Gasteiger partial charge in [-0.05, 0) is 31.4 Å². The number of aromatic carboxylic acids is 1. The predicted octanol–water partition coefficient (Wildman–Crippen LogP) is 6.24. The molecule has 0 aliphatic carbocycles. The molecule has 0 aliphatic heterocycles. The Kier molecular flexibility index (Phi) is 17.2. The molecule has 4 nitrogen and oxygen atoms in total. The number of carboxylic acid groups (broad SMARTS) is 1. The zero-order chi connectivity index (χ0) is 23.5. The zero-order valence-electron chi connectivity index (χ0n) is 21.0. The van der Waals surface area contributed by atoms with Crippen LogP contribution in [0.5, 0.6) is 5.75 Å². The van der Waals surface area contributed by atoms with Crippen molar-refractivity contribution in [3.8, 4) is 5.75 Å². The summed E-state index contributed by atoms with van der Waals surface area (Å²) in [5, 5.41) is 19.4. The third-order valence-electron chi connectivity index (χ3n) is 5.64. The van der Waals surface area contributed by atoms with E-state index in [1.54, 1.807) is 19.1 Å². The molecule has 0 aromatic heterocycles. The van der Waals surface area contributed by atoms with Crippen molar-refractivity contribution in [3.63, 3.8) is 0 Å². The van der Waals surface area contributed by atoms with Gasteiger partial charge < -0.3 is 19.5 Å². The number of carbonyl (C=O) groups is 1. The lowest BCUT2D eigenvalue weighted by molar-refractivity contribution is -0.870. The molecule has 0 fully saturated rings. The molecule has 4 heteroatoms. The van der Waals surface area contributed by atoms with Crippen molar-refractivity contribution in [2.24, 2.45) is 0 Å². The van der Waals surface area contributed by atoms with Crippen molar-refractivity contribution >= 4 is 5.97 Å². The van der Waals surface area contributed by atoms with Gasteiger partial charge in [0.2, 0.25) is 0 Å². The Labute approximate surface area is 192 Å². The normalized spacial score (nSPS) is 11.1. The minimum Gasteiger partial charge on any atom is -0.545 e. The maximum absolute atomic E-state index is 10.3. The molecule has 0 amide bonds. The number of hydrogen-bond donors (Lipinski definition) is 1. The number of carboxylic acids is 1. The number of carbonyl (C=O) groups excluding carboxylic acids is 1. The van der Waals surface area contributed by atoms with E-state index in [4.69, 9.17) is 5.11 Å². The Morgan fingerprint density at radius 1 is 0.806 bits per heavy atom. The monoisotopic (exact) mass is 435 g/mol. The summed E-state index contributed by atoms with van der Waals surface area (Å²) >= 11 is 0. The summed E-state index contributed by atoms with van der Waals surface area (Å²) < 4.78 is 1.12. The van der Waals surface area contributed by atoms with E-state index < -0.39 is 5.97 Å². The SMILES string of the molecule is CCCCCCCCCCCCCCCC[N+](C)(C)C.Cc1cccc(C(=O)[O-])c1O. The average molecular weight is 436 g/mol. The van der Waals surface area contributed by atoms with Crippen LogP contribution in [0, 0.1) is 6.92 Å².